The van der Waals surface area contributed by atoms with Crippen LogP contribution in [0, 0.1) is 0 Å². The van der Waals surface area contributed by atoms with E-state index in [-0.39, 0.29) is 18.5 Å². The summed E-state index contributed by atoms with van der Waals surface area (Å²) in [6, 6.07) is 0. The highest BCUT2D eigenvalue weighted by molar-refractivity contribution is 4.99. The van der Waals surface area contributed by atoms with Gasteiger partial charge in [-0.05, 0) is 6.42 Å². The molecule has 0 bridgehead atoms. The van der Waals surface area contributed by atoms with Gasteiger partial charge in [0.15, 0.2) is 6.29 Å². The first-order valence-corrected chi connectivity index (χ1v) is 3.70. The summed E-state index contributed by atoms with van der Waals surface area (Å²) >= 11 is 0. The molecule has 0 N–H and O–H groups in total. The first kappa shape index (κ1) is 6.58. The van der Waals surface area contributed by atoms with E-state index in [1.165, 1.54) is 0 Å². The maximum atomic E-state index is 5.47. The van der Waals surface area contributed by atoms with Crippen LogP contribution >= 0.6 is 0 Å². The molecule has 2 aliphatic heterocycles. The van der Waals surface area contributed by atoms with Gasteiger partial charge in [-0.15, -0.1) is 0 Å². The highest BCUT2D eigenvalue weighted by atomic mass is 16.8. The van der Waals surface area contributed by atoms with Crippen LogP contribution in [0.25, 0.3) is 0 Å². The van der Waals surface area contributed by atoms with Crippen molar-refractivity contribution < 1.29 is 14.2 Å². The zero-order valence-electron chi connectivity index (χ0n) is 6.24. The fraction of sp³-hybridized carbons (Fsp3) is 1.00. The van der Waals surface area contributed by atoms with E-state index in [4.69, 9.17) is 14.2 Å². The number of hydrogen-bond donors (Lipinski definition) is 0. The van der Waals surface area contributed by atoms with Gasteiger partial charge in [-0.3, -0.25) is 0 Å². The Balaban J connectivity index is 1.95. The van der Waals surface area contributed by atoms with Crippen LogP contribution in [0.5, 0.6) is 0 Å². The van der Waals surface area contributed by atoms with Gasteiger partial charge in [-0.25, -0.2) is 0 Å². The van der Waals surface area contributed by atoms with Gasteiger partial charge in [-0.2, -0.15) is 0 Å². The normalized spacial score (nSPS) is 51.0. The van der Waals surface area contributed by atoms with Crippen molar-refractivity contribution in [3.63, 3.8) is 0 Å². The SMILES string of the molecule is CC[C@H]1OC(OC)[C@H]2O[C@H]21. The Morgan fingerprint density at radius 3 is 2.50 bits per heavy atom. The molecule has 0 aromatic carbocycles. The van der Waals surface area contributed by atoms with Crippen LogP contribution in [-0.4, -0.2) is 31.7 Å². The molecule has 0 saturated carbocycles. The first-order valence-electron chi connectivity index (χ1n) is 3.70. The minimum Gasteiger partial charge on any atom is -0.361 e. The molecule has 0 aromatic heterocycles. The summed E-state index contributed by atoms with van der Waals surface area (Å²) in [7, 11) is 1.65. The van der Waals surface area contributed by atoms with Crippen molar-refractivity contribution in [1.82, 2.24) is 0 Å². The zero-order chi connectivity index (χ0) is 7.14. The van der Waals surface area contributed by atoms with Gasteiger partial charge in [0.1, 0.15) is 12.2 Å². The third-order valence-corrected chi connectivity index (χ3v) is 2.14. The lowest BCUT2D eigenvalue weighted by Gasteiger charge is -2.13. The second-order valence-electron chi connectivity index (χ2n) is 2.75. The molecular formula is C7H12O3. The van der Waals surface area contributed by atoms with Crippen molar-refractivity contribution in [3.8, 4) is 0 Å². The Kier molecular flexibility index (Phi) is 1.44. The predicted molar refractivity (Wildman–Crippen MR) is 34.6 cm³/mol. The summed E-state index contributed by atoms with van der Waals surface area (Å²) in [5.41, 5.74) is 0. The van der Waals surface area contributed by atoms with Crippen molar-refractivity contribution in [2.24, 2.45) is 0 Å². The molecule has 4 atom stereocenters. The summed E-state index contributed by atoms with van der Waals surface area (Å²) in [6.45, 7) is 2.10. The highest BCUT2D eigenvalue weighted by Crippen LogP contribution is 2.40. The van der Waals surface area contributed by atoms with Crippen molar-refractivity contribution >= 4 is 0 Å². The Morgan fingerprint density at radius 2 is 2.10 bits per heavy atom. The van der Waals surface area contributed by atoms with Crippen molar-refractivity contribution in [2.45, 2.75) is 37.9 Å². The average Bonchev–Trinajstić information content (AvgIpc) is 2.67. The number of fused-ring (bicyclic) bond motifs is 1. The Labute approximate surface area is 60.3 Å². The molecule has 2 saturated heterocycles. The fourth-order valence-electron chi connectivity index (χ4n) is 1.50. The molecule has 2 rings (SSSR count). The van der Waals surface area contributed by atoms with Gasteiger partial charge >= 0.3 is 0 Å². The van der Waals surface area contributed by atoms with Crippen molar-refractivity contribution in [2.75, 3.05) is 7.11 Å². The first-order chi connectivity index (χ1) is 4.86. The Hall–Kier alpha value is -0.120. The quantitative estimate of drug-likeness (QED) is 0.530. The lowest BCUT2D eigenvalue weighted by molar-refractivity contribution is -0.158. The van der Waals surface area contributed by atoms with Gasteiger partial charge in [-0.1, -0.05) is 6.92 Å². The smallest absolute Gasteiger partial charge is 0.186 e. The number of rotatable bonds is 2. The molecule has 3 nitrogen and oxygen atoms in total. The van der Waals surface area contributed by atoms with E-state index in [0.29, 0.717) is 6.10 Å². The van der Waals surface area contributed by atoms with E-state index in [0.717, 1.165) is 6.42 Å². The zero-order valence-corrected chi connectivity index (χ0v) is 6.24. The molecule has 58 valence electrons. The van der Waals surface area contributed by atoms with Crippen LogP contribution in [0.2, 0.25) is 0 Å². The summed E-state index contributed by atoms with van der Waals surface area (Å²) in [4.78, 5) is 0. The van der Waals surface area contributed by atoms with E-state index in [9.17, 15) is 0 Å². The summed E-state index contributed by atoms with van der Waals surface area (Å²) in [5.74, 6) is 0. The van der Waals surface area contributed by atoms with E-state index < -0.39 is 0 Å². The predicted octanol–water partition coefficient (Wildman–Crippen LogP) is 0.535. The third-order valence-electron chi connectivity index (χ3n) is 2.14. The minimum atomic E-state index is -0.102. The molecule has 3 heteroatoms. The van der Waals surface area contributed by atoms with E-state index >= 15 is 0 Å². The van der Waals surface area contributed by atoms with Crippen LogP contribution < -0.4 is 0 Å². The fourth-order valence-corrected chi connectivity index (χ4v) is 1.50. The maximum absolute atomic E-state index is 5.47. The highest BCUT2D eigenvalue weighted by Gasteiger charge is 2.57. The molecule has 0 radical (unpaired) electrons. The van der Waals surface area contributed by atoms with Crippen LogP contribution in [0.3, 0.4) is 0 Å². The lowest BCUT2D eigenvalue weighted by atomic mass is 10.2. The van der Waals surface area contributed by atoms with Crippen molar-refractivity contribution in [1.29, 1.82) is 0 Å². The Morgan fingerprint density at radius 1 is 1.30 bits per heavy atom. The molecule has 2 aliphatic rings. The largest absolute Gasteiger partial charge is 0.361 e. The van der Waals surface area contributed by atoms with Gasteiger partial charge < -0.3 is 14.2 Å². The topological polar surface area (TPSA) is 31.0 Å². The van der Waals surface area contributed by atoms with Crippen LogP contribution in [0.1, 0.15) is 13.3 Å². The molecular weight excluding hydrogens is 132 g/mol. The van der Waals surface area contributed by atoms with Gasteiger partial charge in [0.05, 0.1) is 6.10 Å². The van der Waals surface area contributed by atoms with Crippen LogP contribution in [0.4, 0.5) is 0 Å². The monoisotopic (exact) mass is 144 g/mol. The lowest BCUT2D eigenvalue weighted by Crippen LogP contribution is -2.20. The Bertz CT molecular complexity index is 123. The van der Waals surface area contributed by atoms with Gasteiger partial charge in [0.2, 0.25) is 0 Å². The molecule has 0 spiro atoms. The summed E-state index contributed by atoms with van der Waals surface area (Å²) in [5, 5.41) is 0. The molecule has 1 unspecified atom stereocenters. The molecule has 2 heterocycles. The van der Waals surface area contributed by atoms with E-state index in [2.05, 4.69) is 6.92 Å². The number of ether oxygens (including phenoxy) is 3. The van der Waals surface area contributed by atoms with Crippen molar-refractivity contribution in [3.05, 3.63) is 0 Å². The van der Waals surface area contributed by atoms with E-state index in [1.807, 2.05) is 0 Å². The van der Waals surface area contributed by atoms with Gasteiger partial charge in [0, 0.05) is 7.11 Å². The minimum absolute atomic E-state index is 0.102. The molecule has 0 amide bonds. The van der Waals surface area contributed by atoms with Crippen LogP contribution in [0.15, 0.2) is 0 Å². The standard InChI is InChI=1S/C7H12O3/c1-3-4-5-6(10-5)7(8-2)9-4/h4-7H,3H2,1-2H3/t4-,5+,6+,7?/m1/s1. The second kappa shape index (κ2) is 2.19. The van der Waals surface area contributed by atoms with Gasteiger partial charge in [0.25, 0.3) is 0 Å². The molecule has 0 aromatic rings. The molecule has 10 heavy (non-hydrogen) atoms. The number of epoxide rings is 1. The van der Waals surface area contributed by atoms with E-state index in [1.54, 1.807) is 7.11 Å². The number of hydrogen-bond acceptors (Lipinski definition) is 3. The molecule has 2 fully saturated rings. The van der Waals surface area contributed by atoms with Crippen LogP contribution in [-0.2, 0) is 14.2 Å². The average molecular weight is 144 g/mol. The third kappa shape index (κ3) is 0.779. The summed E-state index contributed by atoms with van der Waals surface area (Å²) in [6.07, 6.45) is 1.75. The second-order valence-corrected chi connectivity index (χ2v) is 2.75. The summed E-state index contributed by atoms with van der Waals surface area (Å²) < 4.78 is 15.8. The number of methoxy groups -OCH3 is 1. The maximum Gasteiger partial charge on any atom is 0.186 e. The molecule has 0 aliphatic carbocycles.